The molecule has 5 nitrogen and oxygen atoms in total. The van der Waals surface area contributed by atoms with Crippen molar-refractivity contribution in [2.75, 3.05) is 6.54 Å². The first-order chi connectivity index (χ1) is 9.28. The van der Waals surface area contributed by atoms with Gasteiger partial charge in [-0.05, 0) is 39.5 Å². The molecule has 1 saturated heterocycles. The number of hydrogen-bond acceptors (Lipinski definition) is 3. The van der Waals surface area contributed by atoms with Gasteiger partial charge in [-0.2, -0.15) is 0 Å². The van der Waals surface area contributed by atoms with E-state index in [9.17, 15) is 4.79 Å². The van der Waals surface area contributed by atoms with E-state index in [2.05, 4.69) is 24.3 Å². The molecule has 20 heavy (non-hydrogen) atoms. The number of urea groups is 1. The first-order valence-corrected chi connectivity index (χ1v) is 7.33. The molecule has 0 saturated carbocycles. The van der Waals surface area contributed by atoms with E-state index in [0.717, 1.165) is 30.8 Å². The monoisotopic (exact) mass is 279 g/mol. The van der Waals surface area contributed by atoms with Crippen molar-refractivity contribution in [2.24, 2.45) is 0 Å². The first-order valence-electron chi connectivity index (χ1n) is 7.33. The summed E-state index contributed by atoms with van der Waals surface area (Å²) in [5.74, 6) is 1.14. The van der Waals surface area contributed by atoms with E-state index in [1.165, 1.54) is 0 Å². The van der Waals surface area contributed by atoms with E-state index in [1.54, 1.807) is 0 Å². The number of amides is 2. The Morgan fingerprint density at radius 2 is 2.20 bits per heavy atom. The quantitative estimate of drug-likeness (QED) is 0.902. The van der Waals surface area contributed by atoms with Crippen LogP contribution in [-0.2, 0) is 0 Å². The van der Waals surface area contributed by atoms with Gasteiger partial charge in [-0.25, -0.2) is 4.79 Å². The molecule has 1 fully saturated rings. The summed E-state index contributed by atoms with van der Waals surface area (Å²) in [6.07, 6.45) is 1.93. The Labute approximate surface area is 120 Å². The maximum absolute atomic E-state index is 12.3. The number of nitrogens with one attached hydrogen (secondary N) is 1. The molecule has 1 aliphatic heterocycles. The van der Waals surface area contributed by atoms with Gasteiger partial charge in [0.2, 0.25) is 0 Å². The third kappa shape index (κ3) is 3.32. The molecule has 0 unspecified atom stereocenters. The van der Waals surface area contributed by atoms with Gasteiger partial charge in [-0.15, -0.1) is 0 Å². The number of carbonyl (C=O) groups is 1. The molecule has 1 aliphatic rings. The zero-order valence-electron chi connectivity index (χ0n) is 13.1. The average Bonchev–Trinajstić information content (AvgIpc) is 2.95. The van der Waals surface area contributed by atoms with Crippen molar-refractivity contribution in [3.8, 4) is 0 Å². The summed E-state index contributed by atoms with van der Waals surface area (Å²) in [6, 6.07) is 1.97. The van der Waals surface area contributed by atoms with Crippen LogP contribution in [0.15, 0.2) is 10.6 Å². The topological polar surface area (TPSA) is 58.4 Å². The van der Waals surface area contributed by atoms with Crippen molar-refractivity contribution in [3.05, 3.63) is 17.5 Å². The number of carbonyl (C=O) groups excluding carboxylic acids is 1. The predicted molar refractivity (Wildman–Crippen MR) is 77.6 cm³/mol. The zero-order chi connectivity index (χ0) is 14.9. The summed E-state index contributed by atoms with van der Waals surface area (Å²) in [5, 5.41) is 7.11. The van der Waals surface area contributed by atoms with Gasteiger partial charge in [0, 0.05) is 18.2 Å². The number of likely N-dealkylation sites (tertiary alicyclic amines) is 1. The van der Waals surface area contributed by atoms with Crippen molar-refractivity contribution >= 4 is 6.03 Å². The van der Waals surface area contributed by atoms with Crippen LogP contribution >= 0.6 is 0 Å². The molecular formula is C15H25N3O2. The minimum absolute atomic E-state index is 0.0114. The van der Waals surface area contributed by atoms with Gasteiger partial charge in [-0.1, -0.05) is 19.0 Å². The number of aromatic nitrogens is 1. The lowest BCUT2D eigenvalue weighted by molar-refractivity contribution is 0.174. The van der Waals surface area contributed by atoms with E-state index in [4.69, 9.17) is 4.52 Å². The van der Waals surface area contributed by atoms with Gasteiger partial charge in [0.15, 0.2) is 5.76 Å². The first kappa shape index (κ1) is 14.9. The van der Waals surface area contributed by atoms with Crippen molar-refractivity contribution in [3.63, 3.8) is 0 Å². The van der Waals surface area contributed by atoms with E-state index < -0.39 is 0 Å². The lowest BCUT2D eigenvalue weighted by Gasteiger charge is -2.28. The van der Waals surface area contributed by atoms with Crippen LogP contribution < -0.4 is 5.32 Å². The predicted octanol–water partition coefficient (Wildman–Crippen LogP) is 3.44. The van der Waals surface area contributed by atoms with Gasteiger partial charge in [0.05, 0.1) is 11.7 Å². The number of hydrogen-bond donors (Lipinski definition) is 1. The highest BCUT2D eigenvalue weighted by Gasteiger charge is 2.34. The smallest absolute Gasteiger partial charge is 0.318 e. The van der Waals surface area contributed by atoms with E-state index >= 15 is 0 Å². The average molecular weight is 279 g/mol. The van der Waals surface area contributed by atoms with E-state index in [1.807, 2.05) is 31.7 Å². The minimum atomic E-state index is -0.227. The fourth-order valence-electron chi connectivity index (χ4n) is 2.43. The lowest BCUT2D eigenvalue weighted by atomic mass is 10.1. The molecule has 0 spiro atoms. The van der Waals surface area contributed by atoms with Crippen LogP contribution in [-0.4, -0.2) is 28.2 Å². The van der Waals surface area contributed by atoms with Crippen LogP contribution in [0.5, 0.6) is 0 Å². The van der Waals surface area contributed by atoms with Crippen LogP contribution in [0.25, 0.3) is 0 Å². The molecule has 2 amide bonds. The second-order valence-corrected chi connectivity index (χ2v) is 6.84. The van der Waals surface area contributed by atoms with E-state index in [0.29, 0.717) is 5.92 Å². The molecule has 0 aliphatic carbocycles. The van der Waals surface area contributed by atoms with Gasteiger partial charge < -0.3 is 14.7 Å². The van der Waals surface area contributed by atoms with Crippen molar-refractivity contribution < 1.29 is 9.32 Å². The molecule has 2 heterocycles. The molecule has 5 heteroatoms. The highest BCUT2D eigenvalue weighted by molar-refractivity contribution is 5.75. The molecule has 1 atom stereocenters. The van der Waals surface area contributed by atoms with E-state index in [-0.39, 0.29) is 17.6 Å². The molecule has 2 rings (SSSR count). The molecule has 0 aromatic carbocycles. The Balaban J connectivity index is 2.12. The molecule has 0 bridgehead atoms. The Kier molecular flexibility index (Phi) is 4.06. The Morgan fingerprint density at radius 3 is 2.75 bits per heavy atom. The lowest BCUT2D eigenvalue weighted by Crippen LogP contribution is -2.48. The van der Waals surface area contributed by atoms with Crippen LogP contribution in [0, 0.1) is 0 Å². The van der Waals surface area contributed by atoms with Crippen LogP contribution in [0.3, 0.4) is 0 Å². The highest BCUT2D eigenvalue weighted by Crippen LogP contribution is 2.33. The van der Waals surface area contributed by atoms with Crippen LogP contribution in [0.1, 0.15) is 70.9 Å². The Hall–Kier alpha value is -1.52. The second-order valence-electron chi connectivity index (χ2n) is 6.84. The van der Waals surface area contributed by atoms with Crippen LogP contribution in [0.4, 0.5) is 4.79 Å². The molecule has 0 radical (unpaired) electrons. The molecular weight excluding hydrogens is 254 g/mol. The number of nitrogens with zero attached hydrogens (tertiary/aromatic N) is 2. The maximum atomic E-state index is 12.3. The third-order valence-electron chi connectivity index (χ3n) is 3.46. The summed E-state index contributed by atoms with van der Waals surface area (Å²) in [4.78, 5) is 14.2. The SMILES string of the molecule is CC(C)c1cc([C@H]2CCCN2C(=O)NC(C)(C)C)on1. The Morgan fingerprint density at radius 1 is 1.50 bits per heavy atom. The number of rotatable bonds is 2. The van der Waals surface area contributed by atoms with Crippen LogP contribution in [0.2, 0.25) is 0 Å². The fraction of sp³-hybridized carbons (Fsp3) is 0.733. The summed E-state index contributed by atoms with van der Waals surface area (Å²) in [5.41, 5.74) is 0.720. The van der Waals surface area contributed by atoms with Crippen molar-refractivity contribution in [1.29, 1.82) is 0 Å². The van der Waals surface area contributed by atoms with Crippen molar-refractivity contribution in [2.45, 2.75) is 65.0 Å². The van der Waals surface area contributed by atoms with Gasteiger partial charge in [-0.3, -0.25) is 0 Å². The summed E-state index contributed by atoms with van der Waals surface area (Å²) < 4.78 is 5.45. The summed E-state index contributed by atoms with van der Waals surface area (Å²) in [6.45, 7) is 10.9. The normalized spacial score (nSPS) is 19.7. The maximum Gasteiger partial charge on any atom is 0.318 e. The zero-order valence-corrected chi connectivity index (χ0v) is 13.1. The van der Waals surface area contributed by atoms with Gasteiger partial charge in [0.25, 0.3) is 0 Å². The van der Waals surface area contributed by atoms with Gasteiger partial charge >= 0.3 is 6.03 Å². The molecule has 112 valence electrons. The van der Waals surface area contributed by atoms with Gasteiger partial charge in [0.1, 0.15) is 0 Å². The molecule has 1 aromatic rings. The minimum Gasteiger partial charge on any atom is -0.359 e. The molecule has 1 aromatic heterocycles. The third-order valence-corrected chi connectivity index (χ3v) is 3.46. The van der Waals surface area contributed by atoms with Crippen molar-refractivity contribution in [1.82, 2.24) is 15.4 Å². The highest BCUT2D eigenvalue weighted by atomic mass is 16.5. The summed E-state index contributed by atoms with van der Waals surface area (Å²) in [7, 11) is 0. The Bertz CT molecular complexity index is 474. The summed E-state index contributed by atoms with van der Waals surface area (Å²) >= 11 is 0. The fourth-order valence-corrected chi connectivity index (χ4v) is 2.43. The largest absolute Gasteiger partial charge is 0.359 e. The molecule has 1 N–H and O–H groups in total. The standard InChI is InChI=1S/C15H25N3O2/c1-10(2)11-9-13(20-17-11)12-7-6-8-18(12)14(19)16-15(3,4)5/h9-10,12H,6-8H2,1-5H3,(H,16,19)/t12-/m1/s1. The second kappa shape index (κ2) is 5.46.